The van der Waals surface area contributed by atoms with E-state index in [1.165, 1.54) is 12.4 Å². The molecule has 0 bridgehead atoms. The zero-order valence-electron chi connectivity index (χ0n) is 16.2. The van der Waals surface area contributed by atoms with Crippen LogP contribution in [0.5, 0.6) is 0 Å². The minimum Gasteiger partial charge on any atom is -0.322 e. The van der Waals surface area contributed by atoms with Crippen LogP contribution in [-0.2, 0) is 0 Å². The molecule has 2 aromatic carbocycles. The lowest BCUT2D eigenvalue weighted by Crippen LogP contribution is -2.17. The summed E-state index contributed by atoms with van der Waals surface area (Å²) < 4.78 is 0. The second-order valence-corrected chi connectivity index (χ2v) is 6.93. The Hall–Kier alpha value is -3.47. The number of benzene rings is 2. The summed E-state index contributed by atoms with van der Waals surface area (Å²) in [7, 11) is 0. The van der Waals surface area contributed by atoms with E-state index in [1.54, 1.807) is 18.2 Å². The standard InChI is InChI=1S/C23H23N3O2/c1-15(2)20-11-7-8-16(3)21(20)26-23(28)18-12-17(13-24-14-18)22(27)25-19-9-5-4-6-10-19/h4-15H,1-3H3,(H,25,27)(H,26,28). The molecule has 2 N–H and O–H groups in total. The van der Waals surface area contributed by atoms with E-state index in [9.17, 15) is 9.59 Å². The molecule has 0 radical (unpaired) electrons. The summed E-state index contributed by atoms with van der Waals surface area (Å²) in [5.74, 6) is -0.332. The highest BCUT2D eigenvalue weighted by atomic mass is 16.2. The molecule has 0 fully saturated rings. The highest BCUT2D eigenvalue weighted by molar-refractivity contribution is 6.08. The second kappa shape index (κ2) is 8.48. The summed E-state index contributed by atoms with van der Waals surface area (Å²) in [5, 5.41) is 5.78. The molecule has 0 aliphatic rings. The number of nitrogens with one attached hydrogen (secondary N) is 2. The molecule has 0 saturated heterocycles. The second-order valence-electron chi connectivity index (χ2n) is 6.93. The van der Waals surface area contributed by atoms with E-state index in [-0.39, 0.29) is 17.7 Å². The molecular formula is C23H23N3O2. The van der Waals surface area contributed by atoms with Gasteiger partial charge in [-0.25, -0.2) is 0 Å². The molecule has 0 atom stereocenters. The molecule has 1 aromatic heterocycles. The number of anilines is 2. The predicted molar refractivity (Wildman–Crippen MR) is 112 cm³/mol. The van der Waals surface area contributed by atoms with Gasteiger partial charge in [0.05, 0.1) is 11.1 Å². The van der Waals surface area contributed by atoms with Crippen molar-refractivity contribution in [2.45, 2.75) is 26.7 Å². The third-order valence-electron chi connectivity index (χ3n) is 4.46. The molecule has 1 heterocycles. The third-order valence-corrected chi connectivity index (χ3v) is 4.46. The Morgan fingerprint density at radius 2 is 1.50 bits per heavy atom. The summed E-state index contributed by atoms with van der Waals surface area (Å²) >= 11 is 0. The number of amides is 2. The predicted octanol–water partition coefficient (Wildman–Crippen LogP) is 5.02. The molecule has 0 saturated carbocycles. The van der Waals surface area contributed by atoms with E-state index >= 15 is 0 Å². The van der Waals surface area contributed by atoms with Crippen LogP contribution in [0.2, 0.25) is 0 Å². The fourth-order valence-electron chi connectivity index (χ4n) is 2.94. The molecule has 5 nitrogen and oxygen atoms in total. The minimum absolute atomic E-state index is 0.274. The van der Waals surface area contributed by atoms with Gasteiger partial charge in [0.15, 0.2) is 0 Å². The number of rotatable bonds is 5. The molecule has 0 unspecified atom stereocenters. The van der Waals surface area contributed by atoms with E-state index < -0.39 is 0 Å². The van der Waals surface area contributed by atoms with Crippen LogP contribution in [0.4, 0.5) is 11.4 Å². The lowest BCUT2D eigenvalue weighted by molar-refractivity contribution is 0.102. The van der Waals surface area contributed by atoms with Crippen molar-refractivity contribution < 1.29 is 9.59 Å². The first-order valence-corrected chi connectivity index (χ1v) is 9.18. The molecule has 0 spiro atoms. The zero-order valence-corrected chi connectivity index (χ0v) is 16.2. The van der Waals surface area contributed by atoms with Crippen molar-refractivity contribution in [3.05, 3.63) is 89.2 Å². The third kappa shape index (κ3) is 4.43. The van der Waals surface area contributed by atoms with Gasteiger partial charge in [-0.1, -0.05) is 50.2 Å². The van der Waals surface area contributed by atoms with Gasteiger partial charge in [0.1, 0.15) is 0 Å². The highest BCUT2D eigenvalue weighted by Gasteiger charge is 2.15. The number of nitrogens with zero attached hydrogens (tertiary/aromatic N) is 1. The van der Waals surface area contributed by atoms with E-state index in [4.69, 9.17) is 0 Å². The topological polar surface area (TPSA) is 71.1 Å². The Morgan fingerprint density at radius 1 is 0.857 bits per heavy atom. The Labute approximate surface area is 164 Å². The number of pyridine rings is 1. The van der Waals surface area contributed by atoms with Gasteiger partial charge in [-0.05, 0) is 42.2 Å². The molecule has 0 aliphatic carbocycles. The Bertz CT molecular complexity index is 998. The maximum atomic E-state index is 12.8. The van der Waals surface area contributed by atoms with E-state index in [0.29, 0.717) is 16.8 Å². The Balaban J connectivity index is 1.81. The lowest BCUT2D eigenvalue weighted by Gasteiger charge is -2.16. The SMILES string of the molecule is Cc1cccc(C(C)C)c1NC(=O)c1cncc(C(=O)Nc2ccccc2)c1. The average molecular weight is 373 g/mol. The first-order chi connectivity index (χ1) is 13.5. The first kappa shape index (κ1) is 19.3. The van der Waals surface area contributed by atoms with Gasteiger partial charge < -0.3 is 10.6 Å². The largest absolute Gasteiger partial charge is 0.322 e. The van der Waals surface area contributed by atoms with Crippen molar-refractivity contribution in [1.82, 2.24) is 4.98 Å². The maximum Gasteiger partial charge on any atom is 0.257 e. The van der Waals surface area contributed by atoms with Gasteiger partial charge in [0.25, 0.3) is 11.8 Å². The highest BCUT2D eigenvalue weighted by Crippen LogP contribution is 2.27. The Kier molecular flexibility index (Phi) is 5.84. The van der Waals surface area contributed by atoms with E-state index in [1.807, 2.05) is 43.3 Å². The van der Waals surface area contributed by atoms with Crippen LogP contribution in [-0.4, -0.2) is 16.8 Å². The molecule has 0 aliphatic heterocycles. The van der Waals surface area contributed by atoms with Crippen LogP contribution in [0.3, 0.4) is 0 Å². The number of hydrogen-bond donors (Lipinski definition) is 2. The number of carbonyl (C=O) groups is 2. The zero-order chi connectivity index (χ0) is 20.1. The number of aromatic nitrogens is 1. The Morgan fingerprint density at radius 3 is 2.14 bits per heavy atom. The fraction of sp³-hybridized carbons (Fsp3) is 0.174. The molecule has 3 rings (SSSR count). The van der Waals surface area contributed by atoms with Gasteiger partial charge in [0, 0.05) is 23.8 Å². The molecule has 28 heavy (non-hydrogen) atoms. The first-order valence-electron chi connectivity index (χ1n) is 9.18. The minimum atomic E-state index is -0.313. The molecule has 5 heteroatoms. The average Bonchev–Trinajstić information content (AvgIpc) is 2.70. The van der Waals surface area contributed by atoms with Crippen LogP contribution >= 0.6 is 0 Å². The molecule has 142 valence electrons. The summed E-state index contributed by atoms with van der Waals surface area (Å²) in [6.45, 7) is 6.13. The van der Waals surface area contributed by atoms with E-state index in [0.717, 1.165) is 16.8 Å². The lowest BCUT2D eigenvalue weighted by atomic mass is 9.98. The monoisotopic (exact) mass is 373 g/mol. The molecular weight excluding hydrogens is 350 g/mol. The number of carbonyl (C=O) groups excluding carboxylic acids is 2. The van der Waals surface area contributed by atoms with Crippen molar-refractivity contribution in [3.8, 4) is 0 Å². The fourth-order valence-corrected chi connectivity index (χ4v) is 2.94. The van der Waals surface area contributed by atoms with Crippen molar-refractivity contribution in [3.63, 3.8) is 0 Å². The van der Waals surface area contributed by atoms with Crippen LogP contribution in [0.1, 0.15) is 51.6 Å². The van der Waals surface area contributed by atoms with Crippen molar-refractivity contribution in [1.29, 1.82) is 0 Å². The molecule has 2 amide bonds. The smallest absolute Gasteiger partial charge is 0.257 e. The number of hydrogen-bond acceptors (Lipinski definition) is 3. The van der Waals surface area contributed by atoms with Gasteiger partial charge in [-0.15, -0.1) is 0 Å². The summed E-state index contributed by atoms with van der Waals surface area (Å²) in [6.07, 6.45) is 2.91. The summed E-state index contributed by atoms with van der Waals surface area (Å²) in [5.41, 5.74) is 4.21. The van der Waals surface area contributed by atoms with Crippen molar-refractivity contribution in [2.24, 2.45) is 0 Å². The van der Waals surface area contributed by atoms with Gasteiger partial charge in [-0.3, -0.25) is 14.6 Å². The maximum absolute atomic E-state index is 12.8. The van der Waals surface area contributed by atoms with Gasteiger partial charge >= 0.3 is 0 Å². The normalized spacial score (nSPS) is 10.6. The van der Waals surface area contributed by atoms with E-state index in [2.05, 4.69) is 29.5 Å². The summed E-state index contributed by atoms with van der Waals surface area (Å²) in [6, 6.07) is 16.7. The van der Waals surface area contributed by atoms with Crippen LogP contribution < -0.4 is 10.6 Å². The van der Waals surface area contributed by atoms with Crippen molar-refractivity contribution >= 4 is 23.2 Å². The van der Waals surface area contributed by atoms with Crippen molar-refractivity contribution in [2.75, 3.05) is 10.6 Å². The van der Waals surface area contributed by atoms with Gasteiger partial charge in [-0.2, -0.15) is 0 Å². The van der Waals surface area contributed by atoms with Crippen LogP contribution in [0.15, 0.2) is 67.0 Å². The van der Waals surface area contributed by atoms with Crippen LogP contribution in [0.25, 0.3) is 0 Å². The number of aryl methyl sites for hydroxylation is 1. The molecule has 3 aromatic rings. The quantitative estimate of drug-likeness (QED) is 0.660. The van der Waals surface area contributed by atoms with Gasteiger partial charge in [0.2, 0.25) is 0 Å². The summed E-state index contributed by atoms with van der Waals surface area (Å²) in [4.78, 5) is 29.3. The number of para-hydroxylation sites is 2. The van der Waals surface area contributed by atoms with Crippen LogP contribution in [0, 0.1) is 6.92 Å².